The Kier molecular flexibility index (Phi) is 7.22. The van der Waals surface area contributed by atoms with Gasteiger partial charge in [-0.3, -0.25) is 9.59 Å². The maximum atomic E-state index is 13.3. The first kappa shape index (κ1) is 23.4. The Balaban J connectivity index is 1.98. The fourth-order valence-corrected chi connectivity index (χ4v) is 4.06. The van der Waals surface area contributed by atoms with Gasteiger partial charge in [-0.25, -0.2) is 4.39 Å². The summed E-state index contributed by atoms with van der Waals surface area (Å²) in [6.07, 6.45) is 0. The molecule has 1 aliphatic rings. The monoisotopic (exact) mass is 444 g/mol. The molecule has 172 valence electrons. The zero-order valence-corrected chi connectivity index (χ0v) is 19.0. The standard InChI is InChI=1S/C24H29FN2O5/c1-14(2)26-23(28)19-13-27(24(29)15-6-8-17(25)9-7-15)12-18(19)16-10-20(30-3)22(32-5)21(11-16)31-4/h6-11,14,18-19H,12-13H2,1-5H3,(H,26,28). The lowest BCUT2D eigenvalue weighted by Gasteiger charge is -2.21. The van der Waals surface area contributed by atoms with Crippen LogP contribution in [0.15, 0.2) is 36.4 Å². The van der Waals surface area contributed by atoms with E-state index in [-0.39, 0.29) is 30.3 Å². The SMILES string of the molecule is COc1cc(C2CN(C(=O)c3ccc(F)cc3)CC2C(=O)NC(C)C)cc(OC)c1OC. The van der Waals surface area contributed by atoms with Crippen LogP contribution in [0.25, 0.3) is 0 Å². The number of methoxy groups -OCH3 is 3. The number of nitrogens with one attached hydrogen (secondary N) is 1. The average molecular weight is 445 g/mol. The predicted molar refractivity (Wildman–Crippen MR) is 118 cm³/mol. The lowest BCUT2D eigenvalue weighted by Crippen LogP contribution is -2.39. The van der Waals surface area contributed by atoms with Crippen LogP contribution in [0.5, 0.6) is 17.2 Å². The number of carbonyl (C=O) groups excluding carboxylic acids is 2. The highest BCUT2D eigenvalue weighted by Gasteiger charge is 2.41. The molecule has 0 aromatic heterocycles. The van der Waals surface area contributed by atoms with Crippen LogP contribution in [-0.2, 0) is 4.79 Å². The number of benzene rings is 2. The molecular weight excluding hydrogens is 415 g/mol. The van der Waals surface area contributed by atoms with Gasteiger partial charge in [-0.1, -0.05) is 0 Å². The highest BCUT2D eigenvalue weighted by atomic mass is 19.1. The minimum absolute atomic E-state index is 0.0371. The number of nitrogens with zero attached hydrogens (tertiary/aromatic N) is 1. The summed E-state index contributed by atoms with van der Waals surface area (Å²) in [6.45, 7) is 4.35. The first-order chi connectivity index (χ1) is 15.3. The van der Waals surface area contributed by atoms with E-state index in [2.05, 4.69) is 5.32 Å². The fraction of sp³-hybridized carbons (Fsp3) is 0.417. The van der Waals surface area contributed by atoms with Crippen LogP contribution in [0.1, 0.15) is 35.7 Å². The van der Waals surface area contributed by atoms with Gasteiger partial charge in [0.05, 0.1) is 27.2 Å². The topological polar surface area (TPSA) is 77.1 Å². The Bertz CT molecular complexity index is 952. The zero-order chi connectivity index (χ0) is 23.4. The highest BCUT2D eigenvalue weighted by molar-refractivity contribution is 5.95. The normalized spacial score (nSPS) is 17.9. The maximum absolute atomic E-state index is 13.3. The van der Waals surface area contributed by atoms with Gasteiger partial charge in [-0.05, 0) is 55.8 Å². The molecule has 1 heterocycles. The second-order valence-corrected chi connectivity index (χ2v) is 8.05. The summed E-state index contributed by atoms with van der Waals surface area (Å²) < 4.78 is 29.6. The molecule has 0 saturated carbocycles. The van der Waals surface area contributed by atoms with Crippen molar-refractivity contribution >= 4 is 11.8 Å². The van der Waals surface area contributed by atoms with Gasteiger partial charge in [0, 0.05) is 30.6 Å². The number of hydrogen-bond acceptors (Lipinski definition) is 5. The van der Waals surface area contributed by atoms with E-state index in [0.29, 0.717) is 29.4 Å². The molecule has 32 heavy (non-hydrogen) atoms. The lowest BCUT2D eigenvalue weighted by atomic mass is 9.87. The van der Waals surface area contributed by atoms with Crippen molar-refractivity contribution in [1.82, 2.24) is 10.2 Å². The lowest BCUT2D eigenvalue weighted by molar-refractivity contribution is -0.125. The van der Waals surface area contributed by atoms with Gasteiger partial charge in [0.15, 0.2) is 11.5 Å². The molecule has 2 amide bonds. The first-order valence-electron chi connectivity index (χ1n) is 10.4. The molecule has 0 bridgehead atoms. The van der Waals surface area contributed by atoms with Crippen LogP contribution in [0.3, 0.4) is 0 Å². The third kappa shape index (κ3) is 4.79. The van der Waals surface area contributed by atoms with E-state index in [0.717, 1.165) is 5.56 Å². The van der Waals surface area contributed by atoms with Crippen molar-refractivity contribution in [2.45, 2.75) is 25.8 Å². The van der Waals surface area contributed by atoms with Crippen LogP contribution < -0.4 is 19.5 Å². The Morgan fingerprint density at radius 2 is 1.59 bits per heavy atom. The number of hydrogen-bond donors (Lipinski definition) is 1. The number of carbonyl (C=O) groups is 2. The largest absolute Gasteiger partial charge is 0.493 e. The summed E-state index contributed by atoms with van der Waals surface area (Å²) in [5.41, 5.74) is 1.18. The van der Waals surface area contributed by atoms with E-state index in [4.69, 9.17) is 14.2 Å². The molecule has 1 N–H and O–H groups in total. The number of halogens is 1. The summed E-state index contributed by atoms with van der Waals surface area (Å²) in [6, 6.07) is 9.00. The van der Waals surface area contributed by atoms with Gasteiger partial charge in [-0.2, -0.15) is 0 Å². The van der Waals surface area contributed by atoms with Gasteiger partial charge in [-0.15, -0.1) is 0 Å². The molecule has 1 aliphatic heterocycles. The molecule has 0 spiro atoms. The smallest absolute Gasteiger partial charge is 0.253 e. The third-order valence-electron chi connectivity index (χ3n) is 5.58. The van der Waals surface area contributed by atoms with Crippen LogP contribution >= 0.6 is 0 Å². The summed E-state index contributed by atoms with van der Waals surface area (Å²) in [5, 5.41) is 2.96. The van der Waals surface area contributed by atoms with Gasteiger partial charge in [0.1, 0.15) is 5.82 Å². The highest BCUT2D eigenvalue weighted by Crippen LogP contribution is 2.43. The Labute approximate surface area is 187 Å². The maximum Gasteiger partial charge on any atom is 0.253 e. The molecule has 2 aromatic carbocycles. The molecule has 0 aliphatic carbocycles. The predicted octanol–water partition coefficient (Wildman–Crippen LogP) is 3.23. The molecule has 2 unspecified atom stereocenters. The van der Waals surface area contributed by atoms with Crippen molar-refractivity contribution in [1.29, 1.82) is 0 Å². The summed E-state index contributed by atoms with van der Waals surface area (Å²) >= 11 is 0. The Morgan fingerprint density at radius 1 is 1.00 bits per heavy atom. The second-order valence-electron chi connectivity index (χ2n) is 8.05. The van der Waals surface area contributed by atoms with Gasteiger partial charge in [0.2, 0.25) is 11.7 Å². The van der Waals surface area contributed by atoms with Crippen molar-refractivity contribution in [3.05, 3.63) is 53.3 Å². The molecule has 1 saturated heterocycles. The molecule has 1 fully saturated rings. The molecule has 8 heteroatoms. The summed E-state index contributed by atoms with van der Waals surface area (Å²) in [7, 11) is 4.59. The van der Waals surface area contributed by atoms with Crippen molar-refractivity contribution in [3.63, 3.8) is 0 Å². The van der Waals surface area contributed by atoms with Crippen molar-refractivity contribution in [2.75, 3.05) is 34.4 Å². The fourth-order valence-electron chi connectivity index (χ4n) is 4.06. The van der Waals surface area contributed by atoms with Crippen molar-refractivity contribution in [2.24, 2.45) is 5.92 Å². The molecule has 2 aromatic rings. The number of likely N-dealkylation sites (tertiary alicyclic amines) is 1. The molecule has 2 atom stereocenters. The van der Waals surface area contributed by atoms with E-state index in [1.807, 2.05) is 26.0 Å². The quantitative estimate of drug-likeness (QED) is 0.710. The van der Waals surface area contributed by atoms with E-state index in [1.165, 1.54) is 45.6 Å². The Hall–Kier alpha value is -3.29. The van der Waals surface area contributed by atoms with E-state index in [1.54, 1.807) is 4.90 Å². The van der Waals surface area contributed by atoms with Crippen molar-refractivity contribution < 1.29 is 28.2 Å². The second kappa shape index (κ2) is 9.89. The van der Waals surface area contributed by atoms with Gasteiger partial charge in [0.25, 0.3) is 5.91 Å². The zero-order valence-electron chi connectivity index (χ0n) is 19.0. The molecule has 0 radical (unpaired) electrons. The van der Waals surface area contributed by atoms with E-state index in [9.17, 15) is 14.0 Å². The number of rotatable bonds is 7. The minimum Gasteiger partial charge on any atom is -0.493 e. The van der Waals surface area contributed by atoms with Crippen LogP contribution in [0.4, 0.5) is 4.39 Å². The molecule has 7 nitrogen and oxygen atoms in total. The van der Waals surface area contributed by atoms with Crippen LogP contribution in [0, 0.1) is 11.7 Å². The summed E-state index contributed by atoms with van der Waals surface area (Å²) in [5.74, 6) is -0.125. The first-order valence-corrected chi connectivity index (χ1v) is 10.4. The van der Waals surface area contributed by atoms with Crippen molar-refractivity contribution in [3.8, 4) is 17.2 Å². The Morgan fingerprint density at radius 3 is 2.09 bits per heavy atom. The summed E-state index contributed by atoms with van der Waals surface area (Å²) in [4.78, 5) is 27.7. The minimum atomic E-state index is -0.468. The average Bonchev–Trinajstić information content (AvgIpc) is 3.23. The number of amides is 2. The number of ether oxygens (including phenoxy) is 3. The van der Waals surface area contributed by atoms with Gasteiger partial charge < -0.3 is 24.4 Å². The van der Waals surface area contributed by atoms with Crippen LogP contribution in [-0.4, -0.2) is 57.2 Å². The van der Waals surface area contributed by atoms with Crippen LogP contribution in [0.2, 0.25) is 0 Å². The van der Waals surface area contributed by atoms with E-state index >= 15 is 0 Å². The van der Waals surface area contributed by atoms with E-state index < -0.39 is 11.7 Å². The molecular formula is C24H29FN2O5. The van der Waals surface area contributed by atoms with Gasteiger partial charge >= 0.3 is 0 Å². The third-order valence-corrected chi connectivity index (χ3v) is 5.58. The molecule has 3 rings (SSSR count).